The molecule has 0 unspecified atom stereocenters. The summed E-state index contributed by atoms with van der Waals surface area (Å²) in [6, 6.07) is 15.0. The molecule has 0 spiro atoms. The molecule has 3 aromatic rings. The van der Waals surface area contributed by atoms with Gasteiger partial charge in [-0.25, -0.2) is 0 Å². The molecule has 1 aromatic heterocycles. The molecule has 4 aliphatic rings. The first-order chi connectivity index (χ1) is 21.9. The van der Waals surface area contributed by atoms with Gasteiger partial charge in [0.05, 0.1) is 19.7 Å². The van der Waals surface area contributed by atoms with E-state index in [1.807, 2.05) is 24.3 Å². The summed E-state index contributed by atoms with van der Waals surface area (Å²) in [6.07, 6.45) is 3.80. The third-order valence-electron chi connectivity index (χ3n) is 8.44. The van der Waals surface area contributed by atoms with Crippen LogP contribution in [0.3, 0.4) is 0 Å². The highest BCUT2D eigenvalue weighted by Crippen LogP contribution is 2.29. The van der Waals surface area contributed by atoms with Crippen molar-refractivity contribution in [3.05, 3.63) is 83.7 Å². The van der Waals surface area contributed by atoms with Gasteiger partial charge in [0.15, 0.2) is 18.1 Å². The second-order valence-corrected chi connectivity index (χ2v) is 11.4. The van der Waals surface area contributed by atoms with Crippen molar-refractivity contribution in [2.75, 3.05) is 39.9 Å². The second kappa shape index (κ2) is 13.2. The Bertz CT molecular complexity index is 1560. The molecule has 2 saturated heterocycles. The van der Waals surface area contributed by atoms with Gasteiger partial charge in [-0.3, -0.25) is 24.2 Å². The van der Waals surface area contributed by atoms with E-state index >= 15 is 0 Å². The first-order valence-electron chi connectivity index (χ1n) is 15.0. The highest BCUT2D eigenvalue weighted by molar-refractivity contribution is 5.95. The summed E-state index contributed by atoms with van der Waals surface area (Å²) in [5, 5.41) is 5.87. The van der Waals surface area contributed by atoms with Crippen LogP contribution in [0.2, 0.25) is 0 Å². The molecule has 2 atom stereocenters. The minimum atomic E-state index is -0.499. The molecule has 12 nitrogen and oxygen atoms in total. The molecule has 4 amide bonds. The van der Waals surface area contributed by atoms with Crippen molar-refractivity contribution in [1.82, 2.24) is 25.4 Å². The number of nitrogens with zero attached hydrogens (tertiary/aromatic N) is 3. The highest BCUT2D eigenvalue weighted by Gasteiger charge is 2.41. The molecule has 2 aromatic carbocycles. The third-order valence-corrected chi connectivity index (χ3v) is 8.44. The van der Waals surface area contributed by atoms with Crippen molar-refractivity contribution >= 4 is 23.6 Å². The smallest absolute Gasteiger partial charge is 0.258 e. The Morgan fingerprint density at radius 1 is 0.956 bits per heavy atom. The maximum atomic E-state index is 13.7. The van der Waals surface area contributed by atoms with Gasteiger partial charge in [0.25, 0.3) is 17.7 Å². The number of hydrogen-bond donors (Lipinski definition) is 2. The van der Waals surface area contributed by atoms with E-state index in [2.05, 4.69) is 15.6 Å². The Morgan fingerprint density at radius 3 is 2.44 bits per heavy atom. The number of amides is 4. The summed E-state index contributed by atoms with van der Waals surface area (Å²) in [4.78, 5) is 60.0. The van der Waals surface area contributed by atoms with Crippen LogP contribution < -0.4 is 24.8 Å². The minimum absolute atomic E-state index is 0.00951. The van der Waals surface area contributed by atoms with E-state index < -0.39 is 12.1 Å². The Kier molecular flexibility index (Phi) is 8.81. The van der Waals surface area contributed by atoms with E-state index in [9.17, 15) is 19.2 Å². The summed E-state index contributed by atoms with van der Waals surface area (Å²) in [7, 11) is 1.48. The molecule has 5 heterocycles. The van der Waals surface area contributed by atoms with Crippen molar-refractivity contribution in [1.29, 1.82) is 0 Å². The third kappa shape index (κ3) is 6.84. The topological polar surface area (TPSA) is 139 Å². The molecule has 0 radical (unpaired) electrons. The summed E-state index contributed by atoms with van der Waals surface area (Å²) >= 11 is 0. The summed E-state index contributed by atoms with van der Waals surface area (Å²) in [6.45, 7) is 1.61. The zero-order valence-electron chi connectivity index (χ0n) is 24.9. The summed E-state index contributed by atoms with van der Waals surface area (Å²) < 4.78 is 17.4. The number of carbonyl (C=O) groups excluding carboxylic acids is 4. The minimum Gasteiger partial charge on any atom is -0.493 e. The lowest BCUT2D eigenvalue weighted by Gasteiger charge is -2.33. The van der Waals surface area contributed by atoms with Crippen molar-refractivity contribution in [3.63, 3.8) is 0 Å². The van der Waals surface area contributed by atoms with Gasteiger partial charge < -0.3 is 34.6 Å². The molecule has 0 aliphatic carbocycles. The van der Waals surface area contributed by atoms with Gasteiger partial charge in [-0.05, 0) is 60.9 Å². The van der Waals surface area contributed by atoms with Gasteiger partial charge in [0.2, 0.25) is 5.91 Å². The SMILES string of the molecule is COc1ccc2cc1OCC(=O)NCc1ccc(cc1)O[C@H]1CN(C(=O)C3CCN(C(=O)c4ccncc4)CC3)C[C@@H]1NC2=O. The molecule has 45 heavy (non-hydrogen) atoms. The van der Waals surface area contributed by atoms with Crippen LogP contribution in [0.25, 0.3) is 0 Å². The van der Waals surface area contributed by atoms with Gasteiger partial charge in [0, 0.05) is 55.6 Å². The number of methoxy groups -OCH3 is 1. The van der Waals surface area contributed by atoms with Gasteiger partial charge in [-0.2, -0.15) is 0 Å². The zero-order valence-corrected chi connectivity index (χ0v) is 24.9. The fourth-order valence-electron chi connectivity index (χ4n) is 5.91. The number of carbonyl (C=O) groups is 4. The predicted molar refractivity (Wildman–Crippen MR) is 162 cm³/mol. The fraction of sp³-hybridized carbons (Fsp3) is 0.364. The van der Waals surface area contributed by atoms with E-state index in [1.54, 1.807) is 46.5 Å². The van der Waals surface area contributed by atoms with Gasteiger partial charge in [-0.15, -0.1) is 0 Å². The van der Waals surface area contributed by atoms with Crippen LogP contribution >= 0.6 is 0 Å². The molecule has 4 aliphatic heterocycles. The molecule has 4 bridgehead atoms. The number of aromatic nitrogens is 1. The maximum absolute atomic E-state index is 13.7. The van der Waals surface area contributed by atoms with E-state index in [0.717, 1.165) is 5.56 Å². The van der Waals surface area contributed by atoms with Gasteiger partial charge in [-0.1, -0.05) is 12.1 Å². The van der Waals surface area contributed by atoms with E-state index in [4.69, 9.17) is 14.2 Å². The molecular formula is C33H35N5O7. The largest absolute Gasteiger partial charge is 0.493 e. The molecule has 2 fully saturated rings. The summed E-state index contributed by atoms with van der Waals surface area (Å²) in [5.41, 5.74) is 1.77. The van der Waals surface area contributed by atoms with Crippen molar-refractivity contribution < 1.29 is 33.4 Å². The van der Waals surface area contributed by atoms with Gasteiger partial charge >= 0.3 is 0 Å². The lowest BCUT2D eigenvalue weighted by atomic mass is 9.95. The number of hydrogen-bond acceptors (Lipinski definition) is 8. The van der Waals surface area contributed by atoms with Gasteiger partial charge in [0.1, 0.15) is 11.9 Å². The van der Waals surface area contributed by atoms with E-state index in [-0.39, 0.29) is 48.4 Å². The standard InChI is InChI=1S/C33H35N5O7/c1-43-27-7-4-24-16-28(27)44-20-30(39)35-17-21-2-5-25(6-3-21)45-29-19-38(18-26(29)36-31(24)40)33(42)23-10-14-37(15-11-23)32(41)22-8-12-34-13-9-22/h2-9,12-13,16,23,26,29H,10-11,14-15,17-20H2,1H3,(H,35,39)(H,36,40)/t26-,29-/m0/s1. The van der Waals surface area contributed by atoms with Crippen LogP contribution in [-0.4, -0.2) is 90.5 Å². The Hall–Kier alpha value is -5.13. The van der Waals surface area contributed by atoms with Crippen molar-refractivity contribution in [2.45, 2.75) is 31.5 Å². The highest BCUT2D eigenvalue weighted by atomic mass is 16.5. The molecule has 12 heteroatoms. The summed E-state index contributed by atoms with van der Waals surface area (Å²) in [5.74, 6) is 0.244. The van der Waals surface area contributed by atoms with E-state index in [1.165, 1.54) is 13.2 Å². The average molecular weight is 614 g/mol. The lowest BCUT2D eigenvalue weighted by molar-refractivity contribution is -0.136. The second-order valence-electron chi connectivity index (χ2n) is 11.4. The number of rotatable bonds is 3. The van der Waals surface area contributed by atoms with Crippen LogP contribution in [0.4, 0.5) is 0 Å². The Balaban J connectivity index is 1.18. The molecule has 7 rings (SSSR count). The fourth-order valence-corrected chi connectivity index (χ4v) is 5.91. The number of likely N-dealkylation sites (tertiary alicyclic amines) is 2. The number of benzene rings is 2. The van der Waals surface area contributed by atoms with Crippen LogP contribution in [0.15, 0.2) is 67.0 Å². The Labute approximate surface area is 260 Å². The average Bonchev–Trinajstić information content (AvgIpc) is 3.47. The molecule has 2 N–H and O–H groups in total. The molecule has 0 saturated carbocycles. The monoisotopic (exact) mass is 613 g/mol. The molecule has 234 valence electrons. The van der Waals surface area contributed by atoms with Crippen LogP contribution in [-0.2, 0) is 16.1 Å². The predicted octanol–water partition coefficient (Wildman–Crippen LogP) is 2.04. The number of fused-ring (bicyclic) bond motifs is 7. The van der Waals surface area contributed by atoms with Crippen LogP contribution in [0.5, 0.6) is 17.2 Å². The maximum Gasteiger partial charge on any atom is 0.258 e. The first kappa shape index (κ1) is 29.9. The normalized spacial score (nSPS) is 20.6. The number of nitrogens with one attached hydrogen (secondary N) is 2. The Morgan fingerprint density at radius 2 is 1.71 bits per heavy atom. The molecular weight excluding hydrogens is 578 g/mol. The number of pyridine rings is 1. The number of piperidine rings is 1. The lowest BCUT2D eigenvalue weighted by Crippen LogP contribution is -2.46. The van der Waals surface area contributed by atoms with Crippen LogP contribution in [0.1, 0.15) is 39.1 Å². The first-order valence-corrected chi connectivity index (χ1v) is 15.0. The van der Waals surface area contributed by atoms with E-state index in [0.29, 0.717) is 61.6 Å². The van der Waals surface area contributed by atoms with Crippen LogP contribution in [0, 0.1) is 5.92 Å². The van der Waals surface area contributed by atoms with Crippen molar-refractivity contribution in [2.24, 2.45) is 5.92 Å². The van der Waals surface area contributed by atoms with Crippen molar-refractivity contribution in [3.8, 4) is 17.2 Å². The number of ether oxygens (including phenoxy) is 3. The quantitative estimate of drug-likeness (QED) is 0.458. The zero-order chi connectivity index (χ0) is 31.3.